The van der Waals surface area contributed by atoms with E-state index < -0.39 is 6.10 Å². The van der Waals surface area contributed by atoms with E-state index in [1.165, 1.54) is 5.56 Å². The van der Waals surface area contributed by atoms with Crippen molar-refractivity contribution in [3.8, 4) is 0 Å². The molecule has 0 fully saturated rings. The normalized spacial score (nSPS) is 13.0. The van der Waals surface area contributed by atoms with Gasteiger partial charge in [-0.3, -0.25) is 4.68 Å². The maximum Gasteiger partial charge on any atom is 0.107 e. The third-order valence-electron chi connectivity index (χ3n) is 3.19. The van der Waals surface area contributed by atoms with Crippen LogP contribution in [0.3, 0.4) is 0 Å². The molecule has 1 heterocycles. The van der Waals surface area contributed by atoms with Crippen molar-refractivity contribution < 1.29 is 5.11 Å². The van der Waals surface area contributed by atoms with Crippen molar-refractivity contribution in [1.82, 2.24) is 9.78 Å². The highest BCUT2D eigenvalue weighted by Gasteiger charge is 2.15. The Bertz CT molecular complexity index is 543. The fourth-order valence-electron chi connectivity index (χ4n) is 2.09. The second-order valence-electron chi connectivity index (χ2n) is 5.11. The lowest BCUT2D eigenvalue weighted by molar-refractivity contribution is 0.219. The minimum Gasteiger partial charge on any atom is -0.384 e. The summed E-state index contributed by atoms with van der Waals surface area (Å²) < 4.78 is 1.86. The monoisotopic (exact) mass is 244 g/mol. The van der Waals surface area contributed by atoms with Gasteiger partial charge in [-0.05, 0) is 38.8 Å². The van der Waals surface area contributed by atoms with E-state index in [4.69, 9.17) is 0 Å². The molecule has 0 saturated heterocycles. The highest BCUT2D eigenvalue weighted by molar-refractivity contribution is 5.36. The highest BCUT2D eigenvalue weighted by Crippen LogP contribution is 2.25. The Morgan fingerprint density at radius 2 is 1.94 bits per heavy atom. The molecule has 0 aliphatic rings. The van der Waals surface area contributed by atoms with Gasteiger partial charge in [-0.1, -0.05) is 23.8 Å². The first-order chi connectivity index (χ1) is 8.49. The summed E-state index contributed by atoms with van der Waals surface area (Å²) in [5, 5.41) is 14.7. The Labute approximate surface area is 108 Å². The van der Waals surface area contributed by atoms with Crippen molar-refractivity contribution in [2.75, 3.05) is 0 Å². The molecule has 1 N–H and O–H groups in total. The summed E-state index contributed by atoms with van der Waals surface area (Å²) in [6, 6.07) is 6.41. The number of aryl methyl sites for hydroxylation is 2. The maximum absolute atomic E-state index is 10.4. The van der Waals surface area contributed by atoms with Gasteiger partial charge in [0, 0.05) is 17.8 Å². The lowest BCUT2D eigenvalue weighted by atomic mass is 9.98. The third kappa shape index (κ3) is 2.46. The van der Waals surface area contributed by atoms with Gasteiger partial charge >= 0.3 is 0 Å². The van der Waals surface area contributed by atoms with Crippen LogP contribution in [-0.4, -0.2) is 14.9 Å². The number of aliphatic hydroxyl groups excluding tert-OH is 1. The van der Waals surface area contributed by atoms with E-state index in [2.05, 4.69) is 31.9 Å². The number of benzene rings is 1. The average molecular weight is 244 g/mol. The van der Waals surface area contributed by atoms with Crippen LogP contribution in [0.5, 0.6) is 0 Å². The fourth-order valence-corrected chi connectivity index (χ4v) is 2.09. The smallest absolute Gasteiger partial charge is 0.107 e. The Hall–Kier alpha value is -1.61. The van der Waals surface area contributed by atoms with Crippen LogP contribution in [0, 0.1) is 13.8 Å². The molecule has 0 saturated carbocycles. The van der Waals surface area contributed by atoms with Gasteiger partial charge in [-0.25, -0.2) is 0 Å². The first kappa shape index (κ1) is 12.8. The summed E-state index contributed by atoms with van der Waals surface area (Å²) >= 11 is 0. The highest BCUT2D eigenvalue weighted by atomic mass is 16.3. The van der Waals surface area contributed by atoms with E-state index in [1.54, 1.807) is 6.20 Å². The molecule has 1 atom stereocenters. The van der Waals surface area contributed by atoms with Gasteiger partial charge < -0.3 is 5.11 Å². The first-order valence-electron chi connectivity index (χ1n) is 6.28. The Balaban J connectivity index is 2.32. The fraction of sp³-hybridized carbons (Fsp3) is 0.400. The molecule has 1 unspecified atom stereocenters. The summed E-state index contributed by atoms with van der Waals surface area (Å²) in [7, 11) is 0. The summed E-state index contributed by atoms with van der Waals surface area (Å²) in [6.45, 7) is 8.22. The van der Waals surface area contributed by atoms with Crippen molar-refractivity contribution in [2.24, 2.45) is 0 Å². The maximum atomic E-state index is 10.4. The quantitative estimate of drug-likeness (QED) is 0.900. The molecule has 0 bridgehead atoms. The molecular weight excluding hydrogens is 224 g/mol. The number of hydrogen-bond donors (Lipinski definition) is 1. The summed E-state index contributed by atoms with van der Waals surface area (Å²) in [5.74, 6) is 0. The van der Waals surface area contributed by atoms with Crippen LogP contribution in [0.2, 0.25) is 0 Å². The Morgan fingerprint density at radius 1 is 1.22 bits per heavy atom. The molecule has 96 valence electrons. The summed E-state index contributed by atoms with van der Waals surface area (Å²) in [6.07, 6.45) is 3.05. The summed E-state index contributed by atoms with van der Waals surface area (Å²) in [4.78, 5) is 0. The number of aliphatic hydroxyl groups is 1. The van der Waals surface area contributed by atoms with Crippen molar-refractivity contribution in [1.29, 1.82) is 0 Å². The molecule has 1 aromatic carbocycles. The molecule has 3 heteroatoms. The van der Waals surface area contributed by atoms with E-state index in [-0.39, 0.29) is 0 Å². The number of hydrogen-bond acceptors (Lipinski definition) is 2. The van der Waals surface area contributed by atoms with Crippen molar-refractivity contribution in [3.05, 3.63) is 52.8 Å². The number of rotatable bonds is 3. The molecule has 0 aliphatic heterocycles. The van der Waals surface area contributed by atoms with Crippen LogP contribution in [0.1, 0.15) is 48.2 Å². The molecule has 0 radical (unpaired) electrons. The first-order valence-corrected chi connectivity index (χ1v) is 6.28. The minimum atomic E-state index is -0.599. The Morgan fingerprint density at radius 3 is 2.50 bits per heavy atom. The second kappa shape index (κ2) is 4.94. The van der Waals surface area contributed by atoms with Gasteiger partial charge in [0.1, 0.15) is 6.10 Å². The van der Waals surface area contributed by atoms with Crippen LogP contribution in [0.4, 0.5) is 0 Å². The SMILES string of the molecule is Cc1ccc(C(O)c2cnn(C(C)C)c2)c(C)c1. The van der Waals surface area contributed by atoms with Crippen LogP contribution in [0.15, 0.2) is 30.6 Å². The van der Waals surface area contributed by atoms with Crippen molar-refractivity contribution in [2.45, 2.75) is 39.8 Å². The molecule has 0 spiro atoms. The number of aromatic nitrogens is 2. The zero-order valence-corrected chi connectivity index (χ0v) is 11.4. The minimum absolute atomic E-state index is 0.310. The van der Waals surface area contributed by atoms with Crippen LogP contribution < -0.4 is 0 Å². The topological polar surface area (TPSA) is 38.1 Å². The predicted molar refractivity (Wildman–Crippen MR) is 72.6 cm³/mol. The number of nitrogens with zero attached hydrogens (tertiary/aromatic N) is 2. The zero-order valence-electron chi connectivity index (χ0n) is 11.4. The molecule has 1 aromatic heterocycles. The standard InChI is InChI=1S/C15H20N2O/c1-10(2)17-9-13(8-16-17)15(18)14-6-5-11(3)7-12(14)4/h5-10,15,18H,1-4H3. The average Bonchev–Trinajstić information content (AvgIpc) is 2.77. The van der Waals surface area contributed by atoms with E-state index in [1.807, 2.05) is 29.9 Å². The third-order valence-corrected chi connectivity index (χ3v) is 3.19. The molecule has 0 aliphatic carbocycles. The van der Waals surface area contributed by atoms with Crippen molar-refractivity contribution >= 4 is 0 Å². The molecule has 18 heavy (non-hydrogen) atoms. The lowest BCUT2D eigenvalue weighted by Crippen LogP contribution is -2.02. The molecule has 0 amide bonds. The van der Waals surface area contributed by atoms with Gasteiger partial charge in [0.2, 0.25) is 0 Å². The van der Waals surface area contributed by atoms with Gasteiger partial charge in [0.25, 0.3) is 0 Å². The summed E-state index contributed by atoms with van der Waals surface area (Å²) in [5.41, 5.74) is 4.11. The lowest BCUT2D eigenvalue weighted by Gasteiger charge is -2.13. The molecule has 2 rings (SSSR count). The van der Waals surface area contributed by atoms with E-state index in [0.717, 1.165) is 16.7 Å². The van der Waals surface area contributed by atoms with Gasteiger partial charge in [-0.2, -0.15) is 5.10 Å². The van der Waals surface area contributed by atoms with Gasteiger partial charge in [0.05, 0.1) is 6.20 Å². The van der Waals surface area contributed by atoms with Crippen LogP contribution in [-0.2, 0) is 0 Å². The molecule has 2 aromatic rings. The molecular formula is C15H20N2O. The predicted octanol–water partition coefficient (Wildman–Crippen LogP) is 3.16. The zero-order chi connectivity index (χ0) is 13.3. The van der Waals surface area contributed by atoms with Gasteiger partial charge in [-0.15, -0.1) is 0 Å². The van der Waals surface area contributed by atoms with E-state index in [0.29, 0.717) is 6.04 Å². The Kier molecular flexibility index (Phi) is 3.53. The second-order valence-corrected chi connectivity index (χ2v) is 5.11. The largest absolute Gasteiger partial charge is 0.384 e. The van der Waals surface area contributed by atoms with Crippen molar-refractivity contribution in [3.63, 3.8) is 0 Å². The van der Waals surface area contributed by atoms with E-state index >= 15 is 0 Å². The molecule has 3 nitrogen and oxygen atoms in total. The van der Waals surface area contributed by atoms with Gasteiger partial charge in [0.15, 0.2) is 0 Å². The van der Waals surface area contributed by atoms with Crippen LogP contribution in [0.25, 0.3) is 0 Å². The van der Waals surface area contributed by atoms with Crippen LogP contribution >= 0.6 is 0 Å². The van der Waals surface area contributed by atoms with E-state index in [9.17, 15) is 5.11 Å².